The van der Waals surface area contributed by atoms with Crippen LogP contribution in [0.25, 0.3) is 0 Å². The molecule has 0 saturated heterocycles. The van der Waals surface area contributed by atoms with Crippen LogP contribution < -0.4 is 5.73 Å². The number of rotatable bonds is 2. The van der Waals surface area contributed by atoms with Gasteiger partial charge in [0.25, 0.3) is 0 Å². The number of nitrogen functional groups attached to an aromatic ring is 1. The predicted octanol–water partition coefficient (Wildman–Crippen LogP) is 3.05. The lowest BCUT2D eigenvalue weighted by atomic mass is 10.1. The standard InChI is InChI=1S/C12H10ClFN2/c13-9-3-1-4-10(14)8(9)7-12-11(15)5-2-6-16-12/h1-6H,7,15H2. The van der Waals surface area contributed by atoms with Crippen molar-refractivity contribution < 1.29 is 4.39 Å². The second-order valence-corrected chi connectivity index (χ2v) is 3.82. The van der Waals surface area contributed by atoms with Crippen molar-refractivity contribution in [1.82, 2.24) is 4.98 Å². The molecule has 0 atom stereocenters. The van der Waals surface area contributed by atoms with Gasteiger partial charge in [-0.1, -0.05) is 17.7 Å². The second kappa shape index (κ2) is 4.49. The quantitative estimate of drug-likeness (QED) is 0.871. The van der Waals surface area contributed by atoms with Gasteiger partial charge in [-0.3, -0.25) is 4.98 Å². The molecule has 2 rings (SSSR count). The Balaban J connectivity index is 2.38. The Kier molecular flexibility index (Phi) is 3.06. The SMILES string of the molecule is Nc1cccnc1Cc1c(F)cccc1Cl. The topological polar surface area (TPSA) is 38.9 Å². The highest BCUT2D eigenvalue weighted by molar-refractivity contribution is 6.31. The van der Waals surface area contributed by atoms with E-state index < -0.39 is 0 Å². The molecule has 0 aliphatic heterocycles. The Hall–Kier alpha value is -1.61. The van der Waals surface area contributed by atoms with E-state index in [1.165, 1.54) is 6.07 Å². The molecular formula is C12H10ClFN2. The number of aromatic nitrogens is 1. The first kappa shape index (κ1) is 10.9. The summed E-state index contributed by atoms with van der Waals surface area (Å²) in [5, 5.41) is 0.394. The lowest BCUT2D eigenvalue weighted by molar-refractivity contribution is 0.613. The van der Waals surface area contributed by atoms with Gasteiger partial charge in [-0.15, -0.1) is 0 Å². The Bertz CT molecular complexity index is 494. The smallest absolute Gasteiger partial charge is 0.128 e. The van der Waals surface area contributed by atoms with Crippen molar-refractivity contribution in [2.45, 2.75) is 6.42 Å². The van der Waals surface area contributed by atoms with Gasteiger partial charge in [0.05, 0.1) is 11.4 Å². The van der Waals surface area contributed by atoms with Gasteiger partial charge >= 0.3 is 0 Å². The summed E-state index contributed by atoms with van der Waals surface area (Å²) in [7, 11) is 0. The van der Waals surface area contributed by atoms with Crippen LogP contribution in [0.15, 0.2) is 36.5 Å². The van der Waals surface area contributed by atoms with Crippen LogP contribution in [0.5, 0.6) is 0 Å². The van der Waals surface area contributed by atoms with E-state index in [1.54, 1.807) is 30.5 Å². The van der Waals surface area contributed by atoms with E-state index in [0.717, 1.165) is 0 Å². The van der Waals surface area contributed by atoms with Gasteiger partial charge in [-0.05, 0) is 24.3 Å². The summed E-state index contributed by atoms with van der Waals surface area (Å²) in [5.74, 6) is -0.336. The molecule has 1 aromatic heterocycles. The normalized spacial score (nSPS) is 10.4. The molecule has 0 spiro atoms. The minimum atomic E-state index is -0.336. The Labute approximate surface area is 97.9 Å². The average Bonchev–Trinajstić information content (AvgIpc) is 2.26. The van der Waals surface area contributed by atoms with Crippen LogP contribution in [0.1, 0.15) is 11.3 Å². The molecule has 16 heavy (non-hydrogen) atoms. The molecule has 0 aliphatic rings. The molecular weight excluding hydrogens is 227 g/mol. The number of anilines is 1. The lowest BCUT2D eigenvalue weighted by Gasteiger charge is -2.07. The number of benzene rings is 1. The van der Waals surface area contributed by atoms with Gasteiger partial charge in [-0.2, -0.15) is 0 Å². The van der Waals surface area contributed by atoms with Crippen LogP contribution in [0.3, 0.4) is 0 Å². The number of pyridine rings is 1. The van der Waals surface area contributed by atoms with E-state index >= 15 is 0 Å². The van der Waals surface area contributed by atoms with Crippen molar-refractivity contribution in [1.29, 1.82) is 0 Å². The first-order valence-corrected chi connectivity index (χ1v) is 5.18. The number of hydrogen-bond donors (Lipinski definition) is 1. The first-order valence-electron chi connectivity index (χ1n) is 4.80. The fourth-order valence-electron chi connectivity index (χ4n) is 1.47. The van der Waals surface area contributed by atoms with Crippen LogP contribution in [-0.4, -0.2) is 4.98 Å². The summed E-state index contributed by atoms with van der Waals surface area (Å²) in [6.45, 7) is 0. The van der Waals surface area contributed by atoms with E-state index in [2.05, 4.69) is 4.98 Å². The zero-order chi connectivity index (χ0) is 11.5. The molecule has 0 fully saturated rings. The zero-order valence-electron chi connectivity index (χ0n) is 8.45. The minimum Gasteiger partial charge on any atom is -0.397 e. The third-order valence-electron chi connectivity index (χ3n) is 2.33. The highest BCUT2D eigenvalue weighted by Crippen LogP contribution is 2.23. The molecule has 2 N–H and O–H groups in total. The Morgan fingerprint density at radius 3 is 2.75 bits per heavy atom. The van der Waals surface area contributed by atoms with Gasteiger partial charge in [0.1, 0.15) is 5.82 Å². The Morgan fingerprint density at radius 1 is 1.25 bits per heavy atom. The number of nitrogens with two attached hydrogens (primary N) is 1. The second-order valence-electron chi connectivity index (χ2n) is 3.42. The van der Waals surface area contributed by atoms with Crippen LogP contribution in [0.2, 0.25) is 5.02 Å². The van der Waals surface area contributed by atoms with E-state index in [9.17, 15) is 4.39 Å². The molecule has 2 aromatic rings. The summed E-state index contributed by atoms with van der Waals surface area (Å²) in [6.07, 6.45) is 1.93. The van der Waals surface area contributed by atoms with Gasteiger partial charge in [-0.25, -0.2) is 4.39 Å². The summed E-state index contributed by atoms with van der Waals surface area (Å²) in [6, 6.07) is 8.07. The van der Waals surface area contributed by atoms with E-state index in [-0.39, 0.29) is 5.82 Å². The third-order valence-corrected chi connectivity index (χ3v) is 2.69. The molecule has 0 saturated carbocycles. The molecule has 0 amide bonds. The van der Waals surface area contributed by atoms with Crippen LogP contribution >= 0.6 is 11.6 Å². The van der Waals surface area contributed by atoms with E-state index in [4.69, 9.17) is 17.3 Å². The number of halogens is 2. The van der Waals surface area contributed by atoms with Crippen molar-refractivity contribution >= 4 is 17.3 Å². The Morgan fingerprint density at radius 2 is 2.06 bits per heavy atom. The maximum atomic E-state index is 13.5. The molecule has 1 aromatic carbocycles. The molecule has 4 heteroatoms. The molecule has 1 heterocycles. The molecule has 0 aliphatic carbocycles. The molecule has 82 valence electrons. The van der Waals surface area contributed by atoms with Gasteiger partial charge in [0, 0.05) is 23.2 Å². The monoisotopic (exact) mass is 236 g/mol. The zero-order valence-corrected chi connectivity index (χ0v) is 9.21. The van der Waals surface area contributed by atoms with Crippen molar-refractivity contribution in [3.05, 3.63) is 58.6 Å². The average molecular weight is 237 g/mol. The molecule has 2 nitrogen and oxygen atoms in total. The van der Waals surface area contributed by atoms with Gasteiger partial charge in [0.15, 0.2) is 0 Å². The highest BCUT2D eigenvalue weighted by atomic mass is 35.5. The summed E-state index contributed by atoms with van der Waals surface area (Å²) in [4.78, 5) is 4.11. The molecule has 0 radical (unpaired) electrons. The van der Waals surface area contributed by atoms with Crippen molar-refractivity contribution in [3.8, 4) is 0 Å². The van der Waals surface area contributed by atoms with Gasteiger partial charge in [0.2, 0.25) is 0 Å². The van der Waals surface area contributed by atoms with E-state index in [0.29, 0.717) is 28.4 Å². The fraction of sp³-hybridized carbons (Fsp3) is 0.0833. The van der Waals surface area contributed by atoms with Crippen LogP contribution in [0, 0.1) is 5.82 Å². The van der Waals surface area contributed by atoms with Crippen LogP contribution in [0.4, 0.5) is 10.1 Å². The fourth-order valence-corrected chi connectivity index (χ4v) is 1.70. The number of hydrogen-bond acceptors (Lipinski definition) is 2. The van der Waals surface area contributed by atoms with Crippen molar-refractivity contribution in [2.75, 3.05) is 5.73 Å². The highest BCUT2D eigenvalue weighted by Gasteiger charge is 2.09. The first-order chi connectivity index (χ1) is 7.68. The maximum Gasteiger partial charge on any atom is 0.128 e. The van der Waals surface area contributed by atoms with Gasteiger partial charge < -0.3 is 5.73 Å². The predicted molar refractivity (Wildman–Crippen MR) is 62.9 cm³/mol. The largest absolute Gasteiger partial charge is 0.397 e. The van der Waals surface area contributed by atoms with Crippen molar-refractivity contribution in [3.63, 3.8) is 0 Å². The minimum absolute atomic E-state index is 0.304. The summed E-state index contributed by atoms with van der Waals surface area (Å²) in [5.41, 5.74) is 7.34. The lowest BCUT2D eigenvalue weighted by Crippen LogP contribution is -2.00. The third kappa shape index (κ3) is 2.14. The maximum absolute atomic E-state index is 13.5. The van der Waals surface area contributed by atoms with E-state index in [1.807, 2.05) is 0 Å². The van der Waals surface area contributed by atoms with Crippen LogP contribution in [-0.2, 0) is 6.42 Å². The summed E-state index contributed by atoms with van der Waals surface area (Å²) < 4.78 is 13.5. The van der Waals surface area contributed by atoms with Crippen molar-refractivity contribution in [2.24, 2.45) is 0 Å². The number of nitrogens with zero attached hydrogens (tertiary/aromatic N) is 1. The molecule has 0 bridgehead atoms. The molecule has 0 unspecified atom stereocenters. The summed E-state index contributed by atoms with van der Waals surface area (Å²) >= 11 is 5.92.